The third-order valence-electron chi connectivity index (χ3n) is 5.69. The van der Waals surface area contributed by atoms with Gasteiger partial charge in [0.15, 0.2) is 0 Å². The molecule has 4 N–H and O–H groups in total. The van der Waals surface area contributed by atoms with Crippen LogP contribution in [0.1, 0.15) is 38.2 Å². The van der Waals surface area contributed by atoms with Gasteiger partial charge in [-0.1, -0.05) is 18.6 Å². The number of aromatic nitrogens is 2. The summed E-state index contributed by atoms with van der Waals surface area (Å²) in [6, 6.07) is 10.5. The maximum absolute atomic E-state index is 12.0. The van der Waals surface area contributed by atoms with E-state index < -0.39 is 0 Å². The molecular weight excluding hydrogens is 338 g/mol. The molecule has 3 unspecified atom stereocenters. The Kier molecular flexibility index (Phi) is 6.29. The fourth-order valence-electron chi connectivity index (χ4n) is 3.99. The average molecular weight is 370 g/mol. The van der Waals surface area contributed by atoms with E-state index in [2.05, 4.69) is 36.0 Å². The van der Waals surface area contributed by atoms with Gasteiger partial charge in [0.25, 0.3) is 0 Å². The molecule has 0 aliphatic heterocycles. The van der Waals surface area contributed by atoms with E-state index in [9.17, 15) is 4.79 Å². The minimum atomic E-state index is -0.360. The lowest BCUT2D eigenvalue weighted by atomic mass is 9.85. The van der Waals surface area contributed by atoms with Crippen molar-refractivity contribution in [1.29, 1.82) is 0 Å². The van der Waals surface area contributed by atoms with E-state index in [-0.39, 0.29) is 11.5 Å². The number of nitrogen functional groups attached to an aromatic ring is 1. The number of nitrogens with zero attached hydrogens (tertiary/aromatic N) is 3. The van der Waals surface area contributed by atoms with Crippen molar-refractivity contribution in [3.8, 4) is 5.69 Å². The van der Waals surface area contributed by atoms with Gasteiger partial charge in [0.05, 0.1) is 5.69 Å². The topological polar surface area (TPSA) is 90.2 Å². The van der Waals surface area contributed by atoms with Gasteiger partial charge in [0.1, 0.15) is 5.82 Å². The Bertz CT molecular complexity index is 801. The van der Waals surface area contributed by atoms with E-state index >= 15 is 0 Å². The van der Waals surface area contributed by atoms with E-state index in [1.54, 1.807) is 12.3 Å². The average Bonchev–Trinajstić information content (AvgIpc) is 2.62. The molecule has 0 radical (unpaired) electrons. The number of nitrogens with two attached hydrogens (primary N) is 2. The molecule has 6 heteroatoms. The van der Waals surface area contributed by atoms with Crippen molar-refractivity contribution in [3.63, 3.8) is 0 Å². The Morgan fingerprint density at radius 2 is 2.00 bits per heavy atom. The van der Waals surface area contributed by atoms with Gasteiger partial charge in [-0.05, 0) is 69.3 Å². The van der Waals surface area contributed by atoms with Gasteiger partial charge in [-0.25, -0.2) is 4.79 Å². The van der Waals surface area contributed by atoms with Crippen LogP contribution in [-0.2, 0) is 6.42 Å². The Morgan fingerprint density at radius 1 is 1.26 bits per heavy atom. The first-order valence-corrected chi connectivity index (χ1v) is 9.82. The second-order valence-corrected chi connectivity index (χ2v) is 7.96. The second kappa shape index (κ2) is 8.67. The van der Waals surface area contributed by atoms with Crippen molar-refractivity contribution in [1.82, 2.24) is 14.5 Å². The second-order valence-electron chi connectivity index (χ2n) is 7.96. The summed E-state index contributed by atoms with van der Waals surface area (Å²) in [5.74, 6) is 0.956. The lowest BCUT2D eigenvalue weighted by Gasteiger charge is -2.33. The number of anilines is 1. The van der Waals surface area contributed by atoms with Crippen LogP contribution in [0, 0.1) is 5.92 Å². The molecule has 6 nitrogen and oxygen atoms in total. The third-order valence-corrected chi connectivity index (χ3v) is 5.69. The summed E-state index contributed by atoms with van der Waals surface area (Å²) in [6.45, 7) is 3.38. The summed E-state index contributed by atoms with van der Waals surface area (Å²) < 4.78 is 1.50. The maximum atomic E-state index is 12.0. The number of likely N-dealkylation sites (N-methyl/N-ethyl adjacent to an activating group) is 1. The van der Waals surface area contributed by atoms with Gasteiger partial charge >= 0.3 is 5.69 Å². The van der Waals surface area contributed by atoms with Gasteiger partial charge in [-0.15, -0.1) is 0 Å². The summed E-state index contributed by atoms with van der Waals surface area (Å²) in [5, 5.41) is 0. The maximum Gasteiger partial charge on any atom is 0.354 e. The van der Waals surface area contributed by atoms with Crippen molar-refractivity contribution < 1.29 is 0 Å². The molecule has 3 atom stereocenters. The van der Waals surface area contributed by atoms with Gasteiger partial charge in [-0.3, -0.25) is 4.57 Å². The van der Waals surface area contributed by atoms with Gasteiger partial charge < -0.3 is 16.4 Å². The van der Waals surface area contributed by atoms with Crippen molar-refractivity contribution >= 4 is 5.82 Å². The molecule has 27 heavy (non-hydrogen) atoms. The van der Waals surface area contributed by atoms with Gasteiger partial charge in [-0.2, -0.15) is 4.98 Å². The molecule has 1 aliphatic rings. The molecule has 0 amide bonds. The van der Waals surface area contributed by atoms with Crippen LogP contribution in [0.4, 0.5) is 5.82 Å². The number of benzene rings is 1. The van der Waals surface area contributed by atoms with E-state index in [4.69, 9.17) is 11.5 Å². The standard InChI is InChI=1S/C21H31N5O/c1-15(25(2)14-17-4-3-5-18(22)13-17)12-16-6-8-19(9-7-16)26-11-10-20(23)24-21(26)27/h6-11,15,17-18H,3-5,12-14,22H2,1-2H3,(H2,23,24,27). The van der Waals surface area contributed by atoms with Crippen molar-refractivity contribution in [3.05, 3.63) is 52.6 Å². The Labute approximate surface area is 161 Å². The summed E-state index contributed by atoms with van der Waals surface area (Å²) >= 11 is 0. The molecule has 146 valence electrons. The number of rotatable bonds is 6. The lowest BCUT2D eigenvalue weighted by Crippen LogP contribution is -2.38. The zero-order valence-electron chi connectivity index (χ0n) is 16.3. The summed E-state index contributed by atoms with van der Waals surface area (Å²) in [5.41, 5.74) is 13.4. The van der Waals surface area contributed by atoms with Crippen molar-refractivity contribution in [2.24, 2.45) is 11.7 Å². The summed E-state index contributed by atoms with van der Waals surface area (Å²) in [6.07, 6.45) is 7.51. The molecule has 3 rings (SSSR count). The zero-order chi connectivity index (χ0) is 19.4. The van der Waals surface area contributed by atoms with Crippen molar-refractivity contribution in [2.75, 3.05) is 19.3 Å². The highest BCUT2D eigenvalue weighted by Gasteiger charge is 2.22. The molecular formula is C21H31N5O. The zero-order valence-corrected chi connectivity index (χ0v) is 16.3. The normalized spacial score (nSPS) is 21.3. The van der Waals surface area contributed by atoms with E-state index in [1.807, 2.05) is 12.1 Å². The Hall–Kier alpha value is -2.18. The molecule has 1 heterocycles. The molecule has 1 fully saturated rings. The minimum absolute atomic E-state index is 0.239. The lowest BCUT2D eigenvalue weighted by molar-refractivity contribution is 0.183. The van der Waals surface area contributed by atoms with Crippen LogP contribution >= 0.6 is 0 Å². The van der Waals surface area contributed by atoms with E-state index in [1.165, 1.54) is 29.4 Å². The fourth-order valence-corrected chi connectivity index (χ4v) is 3.99. The quantitative estimate of drug-likeness (QED) is 0.815. The predicted octanol–water partition coefficient (Wildman–Crippen LogP) is 2.19. The Morgan fingerprint density at radius 3 is 2.67 bits per heavy atom. The highest BCUT2D eigenvalue weighted by molar-refractivity contribution is 5.36. The highest BCUT2D eigenvalue weighted by atomic mass is 16.1. The molecule has 0 saturated heterocycles. The molecule has 0 bridgehead atoms. The SMILES string of the molecule is CC(Cc1ccc(-n2ccc(N)nc2=O)cc1)N(C)CC1CCCC(N)C1. The molecule has 1 aromatic heterocycles. The highest BCUT2D eigenvalue weighted by Crippen LogP contribution is 2.24. The van der Waals surface area contributed by atoms with Crippen LogP contribution in [0.25, 0.3) is 5.69 Å². The summed E-state index contributed by atoms with van der Waals surface area (Å²) in [4.78, 5) is 18.2. The van der Waals surface area contributed by atoms with E-state index in [0.717, 1.165) is 25.1 Å². The van der Waals surface area contributed by atoms with Crippen LogP contribution in [0.5, 0.6) is 0 Å². The fraction of sp³-hybridized carbons (Fsp3) is 0.524. The predicted molar refractivity (Wildman–Crippen MR) is 110 cm³/mol. The summed E-state index contributed by atoms with van der Waals surface area (Å²) in [7, 11) is 2.21. The van der Waals surface area contributed by atoms with Gasteiger partial charge in [0, 0.05) is 24.8 Å². The van der Waals surface area contributed by atoms with Crippen LogP contribution in [-0.4, -0.2) is 40.1 Å². The molecule has 1 saturated carbocycles. The van der Waals surface area contributed by atoms with Crippen LogP contribution in [0.15, 0.2) is 41.3 Å². The van der Waals surface area contributed by atoms with Crippen LogP contribution in [0.2, 0.25) is 0 Å². The molecule has 1 aliphatic carbocycles. The van der Waals surface area contributed by atoms with Crippen LogP contribution < -0.4 is 17.2 Å². The number of hydrogen-bond acceptors (Lipinski definition) is 5. The number of hydrogen-bond donors (Lipinski definition) is 2. The molecule has 2 aromatic rings. The first-order chi connectivity index (χ1) is 12.9. The monoisotopic (exact) mass is 369 g/mol. The smallest absolute Gasteiger partial charge is 0.354 e. The first-order valence-electron chi connectivity index (χ1n) is 9.82. The van der Waals surface area contributed by atoms with Crippen LogP contribution in [0.3, 0.4) is 0 Å². The third kappa shape index (κ3) is 5.17. The largest absolute Gasteiger partial charge is 0.383 e. The Balaban J connectivity index is 1.59. The minimum Gasteiger partial charge on any atom is -0.383 e. The molecule has 1 aromatic carbocycles. The van der Waals surface area contributed by atoms with Gasteiger partial charge in [0.2, 0.25) is 0 Å². The van der Waals surface area contributed by atoms with Crippen molar-refractivity contribution in [2.45, 2.75) is 51.1 Å². The molecule has 0 spiro atoms. The first kappa shape index (κ1) is 19.6. The van der Waals surface area contributed by atoms with E-state index in [0.29, 0.717) is 18.0 Å².